The fraction of sp³-hybridized carbons (Fsp3) is 0.478. The van der Waals surface area contributed by atoms with Crippen LogP contribution in [0.25, 0.3) is 11.1 Å². The number of aryl methyl sites for hydroxylation is 1. The van der Waals surface area contributed by atoms with Crippen LogP contribution in [0.4, 0.5) is 0 Å². The third-order valence-electron chi connectivity index (χ3n) is 5.91. The Labute approximate surface area is 157 Å². The Morgan fingerprint density at radius 2 is 1.88 bits per heavy atom. The number of fused-ring (bicyclic) bond motifs is 1. The van der Waals surface area contributed by atoms with Gasteiger partial charge in [-0.05, 0) is 76.0 Å². The summed E-state index contributed by atoms with van der Waals surface area (Å²) >= 11 is 0. The highest BCUT2D eigenvalue weighted by atomic mass is 16.5. The van der Waals surface area contributed by atoms with Crippen molar-refractivity contribution in [2.45, 2.75) is 51.8 Å². The van der Waals surface area contributed by atoms with Crippen LogP contribution >= 0.6 is 0 Å². The zero-order chi connectivity index (χ0) is 18.1. The third kappa shape index (κ3) is 3.65. The molecule has 2 aliphatic rings. The van der Waals surface area contributed by atoms with E-state index in [2.05, 4.69) is 67.5 Å². The SMILES string of the molecule is Cc1cccc(-c2cc3c(c(OC4CCNCC4)c2)CN(C)C(C)C3)c1. The van der Waals surface area contributed by atoms with Crippen molar-refractivity contribution in [3.8, 4) is 16.9 Å². The molecular formula is C23H30N2O. The first kappa shape index (κ1) is 17.6. The van der Waals surface area contributed by atoms with Crippen LogP contribution in [0.5, 0.6) is 5.75 Å². The van der Waals surface area contributed by atoms with Gasteiger partial charge in [0.05, 0.1) is 0 Å². The first-order valence-electron chi connectivity index (χ1n) is 9.90. The van der Waals surface area contributed by atoms with Crippen molar-refractivity contribution in [2.75, 3.05) is 20.1 Å². The first-order valence-corrected chi connectivity index (χ1v) is 9.90. The second kappa shape index (κ2) is 7.42. The van der Waals surface area contributed by atoms with Crippen molar-refractivity contribution in [2.24, 2.45) is 0 Å². The summed E-state index contributed by atoms with van der Waals surface area (Å²) in [6, 6.07) is 14.0. The molecule has 0 spiro atoms. The van der Waals surface area contributed by atoms with Crippen LogP contribution in [0, 0.1) is 6.92 Å². The fourth-order valence-electron chi connectivity index (χ4n) is 4.13. The number of nitrogens with one attached hydrogen (secondary N) is 1. The standard InChI is InChI=1S/C23H30N2O/c1-16-5-4-6-18(11-16)19-13-20-12-17(2)25(3)15-22(20)23(14-19)26-21-7-9-24-10-8-21/h4-6,11,13-14,17,21,24H,7-10,12,15H2,1-3H3. The van der Waals surface area contributed by atoms with Gasteiger partial charge < -0.3 is 10.1 Å². The van der Waals surface area contributed by atoms with E-state index in [1.807, 2.05) is 0 Å². The summed E-state index contributed by atoms with van der Waals surface area (Å²) in [7, 11) is 2.22. The molecule has 0 bridgehead atoms. The number of hydrogen-bond donors (Lipinski definition) is 1. The smallest absolute Gasteiger partial charge is 0.125 e. The lowest BCUT2D eigenvalue weighted by atomic mass is 9.90. The van der Waals surface area contributed by atoms with Gasteiger partial charge in [-0.3, -0.25) is 4.90 Å². The Bertz CT molecular complexity index is 780. The van der Waals surface area contributed by atoms with Crippen molar-refractivity contribution in [1.82, 2.24) is 10.2 Å². The van der Waals surface area contributed by atoms with E-state index in [1.165, 1.54) is 27.8 Å². The molecule has 1 fully saturated rings. The van der Waals surface area contributed by atoms with Crippen molar-refractivity contribution in [3.63, 3.8) is 0 Å². The van der Waals surface area contributed by atoms with E-state index in [0.717, 1.165) is 44.6 Å². The molecule has 138 valence electrons. The van der Waals surface area contributed by atoms with Crippen LogP contribution in [0.15, 0.2) is 36.4 Å². The molecule has 2 aromatic rings. The van der Waals surface area contributed by atoms with Gasteiger partial charge in [-0.1, -0.05) is 35.9 Å². The van der Waals surface area contributed by atoms with Gasteiger partial charge in [0.25, 0.3) is 0 Å². The van der Waals surface area contributed by atoms with Gasteiger partial charge >= 0.3 is 0 Å². The minimum atomic E-state index is 0.331. The molecule has 26 heavy (non-hydrogen) atoms. The molecule has 2 heterocycles. The van der Waals surface area contributed by atoms with Crippen LogP contribution in [0.1, 0.15) is 36.5 Å². The summed E-state index contributed by atoms with van der Waals surface area (Å²) in [6.45, 7) is 7.56. The Hall–Kier alpha value is -1.84. The Balaban J connectivity index is 1.74. The number of piperidine rings is 1. The summed E-state index contributed by atoms with van der Waals surface area (Å²) in [6.07, 6.45) is 3.61. The van der Waals surface area contributed by atoms with Gasteiger partial charge in [-0.25, -0.2) is 0 Å². The highest BCUT2D eigenvalue weighted by molar-refractivity contribution is 5.68. The number of nitrogens with zero attached hydrogens (tertiary/aromatic N) is 1. The Morgan fingerprint density at radius 1 is 1.08 bits per heavy atom. The second-order valence-corrected chi connectivity index (χ2v) is 8.02. The maximum atomic E-state index is 6.56. The average molecular weight is 351 g/mol. The summed E-state index contributed by atoms with van der Waals surface area (Å²) in [5.41, 5.74) is 6.72. The minimum Gasteiger partial charge on any atom is -0.490 e. The lowest BCUT2D eigenvalue weighted by molar-refractivity contribution is 0.155. The van der Waals surface area contributed by atoms with Crippen molar-refractivity contribution in [3.05, 3.63) is 53.1 Å². The van der Waals surface area contributed by atoms with Gasteiger partial charge in [0.1, 0.15) is 11.9 Å². The Morgan fingerprint density at radius 3 is 2.65 bits per heavy atom. The zero-order valence-corrected chi connectivity index (χ0v) is 16.2. The van der Waals surface area contributed by atoms with Crippen molar-refractivity contribution < 1.29 is 4.74 Å². The summed E-state index contributed by atoms with van der Waals surface area (Å²) in [5.74, 6) is 1.10. The van der Waals surface area contributed by atoms with Crippen LogP contribution in [-0.4, -0.2) is 37.2 Å². The van der Waals surface area contributed by atoms with Crippen molar-refractivity contribution in [1.29, 1.82) is 0 Å². The van der Waals surface area contributed by atoms with Gasteiger partial charge in [0, 0.05) is 18.2 Å². The van der Waals surface area contributed by atoms with E-state index in [0.29, 0.717) is 12.1 Å². The van der Waals surface area contributed by atoms with E-state index < -0.39 is 0 Å². The molecule has 3 nitrogen and oxygen atoms in total. The summed E-state index contributed by atoms with van der Waals surface area (Å²) < 4.78 is 6.56. The van der Waals surface area contributed by atoms with Gasteiger partial charge in [-0.15, -0.1) is 0 Å². The maximum absolute atomic E-state index is 6.56. The zero-order valence-electron chi connectivity index (χ0n) is 16.2. The molecule has 0 radical (unpaired) electrons. The second-order valence-electron chi connectivity index (χ2n) is 8.02. The van der Waals surface area contributed by atoms with Gasteiger partial charge in [0.15, 0.2) is 0 Å². The largest absolute Gasteiger partial charge is 0.490 e. The molecule has 2 aliphatic heterocycles. The lowest BCUT2D eigenvalue weighted by Crippen LogP contribution is -2.37. The van der Waals surface area contributed by atoms with E-state index in [9.17, 15) is 0 Å². The quantitative estimate of drug-likeness (QED) is 0.899. The van der Waals surface area contributed by atoms with Crippen LogP contribution in [0.2, 0.25) is 0 Å². The molecular weight excluding hydrogens is 320 g/mol. The van der Waals surface area contributed by atoms with E-state index in [-0.39, 0.29) is 0 Å². The molecule has 1 atom stereocenters. The maximum Gasteiger partial charge on any atom is 0.125 e. The number of benzene rings is 2. The highest BCUT2D eigenvalue weighted by Crippen LogP contribution is 2.36. The molecule has 1 N–H and O–H groups in total. The normalized spacial score (nSPS) is 21.4. The van der Waals surface area contributed by atoms with Gasteiger partial charge in [0.2, 0.25) is 0 Å². The topological polar surface area (TPSA) is 24.5 Å². The number of rotatable bonds is 3. The van der Waals surface area contributed by atoms with E-state index in [1.54, 1.807) is 0 Å². The van der Waals surface area contributed by atoms with Gasteiger partial charge in [-0.2, -0.15) is 0 Å². The van der Waals surface area contributed by atoms with E-state index in [4.69, 9.17) is 4.74 Å². The summed E-state index contributed by atoms with van der Waals surface area (Å²) in [4.78, 5) is 2.43. The molecule has 2 aromatic carbocycles. The van der Waals surface area contributed by atoms with Crippen LogP contribution in [0.3, 0.4) is 0 Å². The minimum absolute atomic E-state index is 0.331. The summed E-state index contributed by atoms with van der Waals surface area (Å²) in [5, 5.41) is 3.43. The van der Waals surface area contributed by atoms with E-state index >= 15 is 0 Å². The molecule has 1 unspecified atom stereocenters. The highest BCUT2D eigenvalue weighted by Gasteiger charge is 2.25. The van der Waals surface area contributed by atoms with Crippen molar-refractivity contribution >= 4 is 0 Å². The molecule has 3 heteroatoms. The lowest BCUT2D eigenvalue weighted by Gasteiger charge is -2.34. The number of hydrogen-bond acceptors (Lipinski definition) is 3. The molecule has 0 amide bonds. The number of ether oxygens (including phenoxy) is 1. The fourth-order valence-corrected chi connectivity index (χ4v) is 4.13. The van der Waals surface area contributed by atoms with Crippen LogP contribution < -0.4 is 10.1 Å². The Kier molecular flexibility index (Phi) is 5.01. The van der Waals surface area contributed by atoms with Crippen LogP contribution in [-0.2, 0) is 13.0 Å². The molecule has 4 rings (SSSR count). The average Bonchev–Trinajstić information content (AvgIpc) is 2.64. The molecule has 0 aromatic heterocycles. The predicted molar refractivity (Wildman–Crippen MR) is 108 cm³/mol. The molecule has 0 aliphatic carbocycles. The number of likely N-dealkylation sites (N-methyl/N-ethyl adjacent to an activating group) is 1. The third-order valence-corrected chi connectivity index (χ3v) is 5.91. The molecule has 1 saturated heterocycles. The predicted octanol–water partition coefficient (Wildman–Crippen LogP) is 4.17. The molecule has 0 saturated carbocycles. The first-order chi connectivity index (χ1) is 12.6. The monoisotopic (exact) mass is 350 g/mol.